The average molecular weight is 318 g/mol. The molecule has 1 aromatic carbocycles. The number of benzene rings is 1. The Labute approximate surface area is 134 Å². The fourth-order valence-corrected chi connectivity index (χ4v) is 2.01. The Morgan fingerprint density at radius 1 is 1.48 bits per heavy atom. The van der Waals surface area contributed by atoms with E-state index in [1.165, 1.54) is 25.3 Å². The number of nitro groups is 1. The Morgan fingerprint density at radius 3 is 2.83 bits per heavy atom. The largest absolute Gasteiger partial charge is 0.467 e. The van der Waals surface area contributed by atoms with Crippen LogP contribution in [0, 0.1) is 22.5 Å². The molecule has 0 unspecified atom stereocenters. The first-order chi connectivity index (χ1) is 11.0. The summed E-state index contributed by atoms with van der Waals surface area (Å²) < 4.78 is 4.65. The van der Waals surface area contributed by atoms with Crippen molar-refractivity contribution in [3.8, 4) is 12.3 Å². The van der Waals surface area contributed by atoms with E-state index in [4.69, 9.17) is 6.42 Å². The first-order valence-corrected chi connectivity index (χ1v) is 7.02. The highest BCUT2D eigenvalue weighted by Gasteiger charge is 2.21. The molecule has 0 aliphatic rings. The van der Waals surface area contributed by atoms with Crippen LogP contribution in [0.5, 0.6) is 0 Å². The molecule has 0 bridgehead atoms. The number of amides is 1. The number of esters is 1. The first-order valence-electron chi connectivity index (χ1n) is 7.02. The van der Waals surface area contributed by atoms with Crippen LogP contribution in [-0.2, 0) is 20.7 Å². The number of ether oxygens (including phenoxy) is 1. The summed E-state index contributed by atoms with van der Waals surface area (Å²) in [6.45, 7) is 0. The Bertz CT molecular complexity index is 621. The van der Waals surface area contributed by atoms with Crippen molar-refractivity contribution in [2.45, 2.75) is 31.7 Å². The summed E-state index contributed by atoms with van der Waals surface area (Å²) in [7, 11) is 1.24. The number of nitrogens with one attached hydrogen (secondary N) is 1. The van der Waals surface area contributed by atoms with Crippen molar-refractivity contribution in [3.05, 3.63) is 39.9 Å². The van der Waals surface area contributed by atoms with Crippen molar-refractivity contribution in [3.63, 3.8) is 0 Å². The number of non-ortho nitro benzene ring substituents is 1. The highest BCUT2D eigenvalue weighted by atomic mass is 16.6. The monoisotopic (exact) mass is 318 g/mol. The molecule has 0 fully saturated rings. The third kappa shape index (κ3) is 6.18. The van der Waals surface area contributed by atoms with E-state index in [9.17, 15) is 19.7 Å². The van der Waals surface area contributed by atoms with Crippen LogP contribution in [-0.4, -0.2) is 30.0 Å². The molecule has 1 atom stereocenters. The number of rotatable bonds is 8. The number of carbonyl (C=O) groups is 2. The number of nitro benzene ring substituents is 1. The summed E-state index contributed by atoms with van der Waals surface area (Å²) in [5.74, 6) is 1.50. The van der Waals surface area contributed by atoms with E-state index >= 15 is 0 Å². The highest BCUT2D eigenvalue weighted by molar-refractivity contribution is 5.85. The Kier molecular flexibility index (Phi) is 7.27. The first kappa shape index (κ1) is 18.2. The number of unbranched alkanes of at least 4 members (excludes halogenated alkanes) is 1. The van der Waals surface area contributed by atoms with Crippen LogP contribution in [0.4, 0.5) is 5.69 Å². The summed E-state index contributed by atoms with van der Waals surface area (Å²) in [5, 5.41) is 13.3. The van der Waals surface area contributed by atoms with Gasteiger partial charge < -0.3 is 10.1 Å². The number of nitrogens with zero attached hydrogens (tertiary/aromatic N) is 1. The predicted octanol–water partition coefficient (Wildman–Crippen LogP) is 1.60. The minimum absolute atomic E-state index is 0.0652. The predicted molar refractivity (Wildman–Crippen MR) is 83.4 cm³/mol. The average Bonchev–Trinajstić information content (AvgIpc) is 2.53. The fourth-order valence-electron chi connectivity index (χ4n) is 2.01. The number of hydrogen-bond donors (Lipinski definition) is 1. The smallest absolute Gasteiger partial charge is 0.328 e. The van der Waals surface area contributed by atoms with E-state index < -0.39 is 22.8 Å². The van der Waals surface area contributed by atoms with Crippen LogP contribution in [0.25, 0.3) is 0 Å². The van der Waals surface area contributed by atoms with Gasteiger partial charge in [-0.2, -0.15) is 0 Å². The molecule has 122 valence electrons. The lowest BCUT2D eigenvalue weighted by Gasteiger charge is -2.16. The van der Waals surface area contributed by atoms with Gasteiger partial charge in [-0.1, -0.05) is 12.1 Å². The van der Waals surface area contributed by atoms with Gasteiger partial charge in [0.1, 0.15) is 6.04 Å². The lowest BCUT2D eigenvalue weighted by Crippen LogP contribution is -2.42. The molecule has 0 saturated carbocycles. The third-order valence-electron chi connectivity index (χ3n) is 3.12. The lowest BCUT2D eigenvalue weighted by atomic mass is 10.1. The molecule has 7 nitrogen and oxygen atoms in total. The second-order valence-corrected chi connectivity index (χ2v) is 4.84. The molecule has 23 heavy (non-hydrogen) atoms. The zero-order valence-electron chi connectivity index (χ0n) is 12.8. The van der Waals surface area contributed by atoms with Gasteiger partial charge in [0.25, 0.3) is 5.69 Å². The van der Waals surface area contributed by atoms with Gasteiger partial charge in [0.05, 0.1) is 18.5 Å². The van der Waals surface area contributed by atoms with Gasteiger partial charge in [0.15, 0.2) is 0 Å². The van der Waals surface area contributed by atoms with E-state index in [2.05, 4.69) is 16.0 Å². The second-order valence-electron chi connectivity index (χ2n) is 4.84. The van der Waals surface area contributed by atoms with Gasteiger partial charge in [-0.15, -0.1) is 12.3 Å². The van der Waals surface area contributed by atoms with Crippen LogP contribution < -0.4 is 5.32 Å². The topological polar surface area (TPSA) is 98.5 Å². The minimum atomic E-state index is -0.778. The highest BCUT2D eigenvalue weighted by Crippen LogP contribution is 2.13. The van der Waals surface area contributed by atoms with Crippen molar-refractivity contribution in [1.29, 1.82) is 0 Å². The van der Waals surface area contributed by atoms with Gasteiger partial charge in [-0.3, -0.25) is 14.9 Å². The third-order valence-corrected chi connectivity index (χ3v) is 3.12. The molecule has 1 N–H and O–H groups in total. The quantitative estimate of drug-likeness (QED) is 0.258. The minimum Gasteiger partial charge on any atom is -0.467 e. The Morgan fingerprint density at radius 2 is 2.22 bits per heavy atom. The lowest BCUT2D eigenvalue weighted by molar-refractivity contribution is -0.384. The summed E-state index contributed by atoms with van der Waals surface area (Å²) in [5.41, 5.74) is 0.401. The number of methoxy groups -OCH3 is 1. The molecule has 1 amide bonds. The Balaban J connectivity index is 2.68. The van der Waals surface area contributed by atoms with Crippen LogP contribution in [0.15, 0.2) is 24.3 Å². The van der Waals surface area contributed by atoms with Crippen LogP contribution >= 0.6 is 0 Å². The van der Waals surface area contributed by atoms with Gasteiger partial charge in [0.2, 0.25) is 5.91 Å². The van der Waals surface area contributed by atoms with Crippen molar-refractivity contribution in [1.82, 2.24) is 5.32 Å². The van der Waals surface area contributed by atoms with Crippen molar-refractivity contribution in [2.24, 2.45) is 0 Å². The molecule has 0 radical (unpaired) electrons. The summed E-state index contributed by atoms with van der Waals surface area (Å²) in [6.07, 6.45) is 6.54. The molecule has 0 aliphatic heterocycles. The van der Waals surface area contributed by atoms with Gasteiger partial charge in [-0.25, -0.2) is 4.79 Å². The van der Waals surface area contributed by atoms with Gasteiger partial charge in [-0.05, 0) is 18.4 Å². The van der Waals surface area contributed by atoms with E-state index in [0.717, 1.165) is 0 Å². The van der Waals surface area contributed by atoms with E-state index in [-0.39, 0.29) is 12.1 Å². The fraction of sp³-hybridized carbons (Fsp3) is 0.375. The zero-order chi connectivity index (χ0) is 17.2. The molecular weight excluding hydrogens is 300 g/mol. The molecule has 7 heteroatoms. The second kappa shape index (κ2) is 9.20. The van der Waals surface area contributed by atoms with Crippen LogP contribution in [0.3, 0.4) is 0 Å². The maximum atomic E-state index is 12.0. The normalized spacial score (nSPS) is 11.1. The number of hydrogen-bond acceptors (Lipinski definition) is 5. The van der Waals surface area contributed by atoms with Gasteiger partial charge >= 0.3 is 5.97 Å². The van der Waals surface area contributed by atoms with E-state index in [1.807, 2.05) is 0 Å². The molecule has 0 aliphatic carbocycles. The van der Waals surface area contributed by atoms with E-state index in [0.29, 0.717) is 24.8 Å². The summed E-state index contributed by atoms with van der Waals surface area (Å²) >= 11 is 0. The van der Waals surface area contributed by atoms with Crippen molar-refractivity contribution in [2.75, 3.05) is 7.11 Å². The van der Waals surface area contributed by atoms with Crippen LogP contribution in [0.1, 0.15) is 24.8 Å². The van der Waals surface area contributed by atoms with Crippen molar-refractivity contribution < 1.29 is 19.2 Å². The van der Waals surface area contributed by atoms with Crippen molar-refractivity contribution >= 4 is 17.6 Å². The molecular formula is C16H18N2O5. The maximum absolute atomic E-state index is 12.0. The standard InChI is InChI=1S/C16H18N2O5/c1-3-4-5-9-14(16(20)23-2)17-15(19)11-12-7-6-8-13(10-12)18(21)22/h1,6-8,10,14H,4-5,9,11H2,2H3,(H,17,19)/t14-/m0/s1. The molecule has 0 heterocycles. The summed E-state index contributed by atoms with van der Waals surface area (Å²) in [4.78, 5) is 33.9. The summed E-state index contributed by atoms with van der Waals surface area (Å²) in [6, 6.07) is 5.01. The Hall–Kier alpha value is -2.88. The maximum Gasteiger partial charge on any atom is 0.328 e. The number of carbonyl (C=O) groups excluding carboxylic acids is 2. The molecule has 0 spiro atoms. The number of terminal acetylenes is 1. The van der Waals surface area contributed by atoms with E-state index in [1.54, 1.807) is 6.07 Å². The molecule has 1 rings (SSSR count). The SMILES string of the molecule is C#CCCC[C@H](NC(=O)Cc1cccc([N+](=O)[O-])c1)C(=O)OC. The molecule has 1 aromatic rings. The van der Waals surface area contributed by atoms with Gasteiger partial charge in [0, 0.05) is 18.6 Å². The molecule has 0 aromatic heterocycles. The molecule has 0 saturated heterocycles. The zero-order valence-corrected chi connectivity index (χ0v) is 12.8. The van der Waals surface area contributed by atoms with Crippen LogP contribution in [0.2, 0.25) is 0 Å².